The van der Waals surface area contributed by atoms with Crippen LogP contribution in [-0.4, -0.2) is 27.3 Å². The number of aromatic amines is 1. The van der Waals surface area contributed by atoms with Gasteiger partial charge in [-0.05, 0) is 68.0 Å². The monoisotopic (exact) mass is 416 g/mol. The Hall–Kier alpha value is -2.64. The Morgan fingerprint density at radius 2 is 2.04 bits per heavy atom. The number of aromatic nitrogens is 3. The van der Waals surface area contributed by atoms with Crippen LogP contribution in [0.2, 0.25) is 5.02 Å². The number of hydrogen-bond acceptors (Lipinski definition) is 4. The molecule has 1 heterocycles. The van der Waals surface area contributed by atoms with E-state index >= 15 is 0 Å². The Bertz CT molecular complexity index is 1030. The summed E-state index contributed by atoms with van der Waals surface area (Å²) in [5.41, 5.74) is 2.52. The third kappa shape index (κ3) is 4.79. The topological polar surface area (TPSA) is 71.9 Å². The highest BCUT2D eigenvalue weighted by atomic mass is 35.5. The number of carbonyl (C=O) groups is 1. The Kier molecular flexibility index (Phi) is 6.49. The van der Waals surface area contributed by atoms with Gasteiger partial charge < -0.3 is 10.1 Å². The first kappa shape index (κ1) is 20.1. The van der Waals surface area contributed by atoms with Crippen molar-refractivity contribution in [1.82, 2.24) is 14.8 Å². The van der Waals surface area contributed by atoms with Gasteiger partial charge in [0.05, 0.1) is 17.3 Å². The molecule has 146 valence electrons. The van der Waals surface area contributed by atoms with Crippen LogP contribution in [0.4, 0.5) is 5.69 Å². The summed E-state index contributed by atoms with van der Waals surface area (Å²) in [5, 5.41) is 10.4. The maximum absolute atomic E-state index is 12.4. The number of carbonyl (C=O) groups excluding carboxylic acids is 1. The van der Waals surface area contributed by atoms with Crippen molar-refractivity contribution in [2.24, 2.45) is 0 Å². The number of nitrogens with zero attached hydrogens (tertiary/aromatic N) is 2. The number of halogens is 1. The smallest absolute Gasteiger partial charge is 0.226 e. The van der Waals surface area contributed by atoms with Gasteiger partial charge in [0.15, 0.2) is 10.6 Å². The van der Waals surface area contributed by atoms with E-state index in [1.54, 1.807) is 10.6 Å². The van der Waals surface area contributed by atoms with Gasteiger partial charge in [0.25, 0.3) is 0 Å². The van der Waals surface area contributed by atoms with Crippen LogP contribution >= 0.6 is 23.8 Å². The van der Waals surface area contributed by atoms with Gasteiger partial charge in [0.2, 0.25) is 5.91 Å². The van der Waals surface area contributed by atoms with Gasteiger partial charge in [0.1, 0.15) is 5.75 Å². The molecule has 0 radical (unpaired) electrons. The van der Waals surface area contributed by atoms with Crippen molar-refractivity contribution in [3.63, 3.8) is 0 Å². The number of hydrogen-bond donors (Lipinski definition) is 2. The normalized spacial score (nSPS) is 10.7. The minimum Gasteiger partial charge on any atom is -0.494 e. The van der Waals surface area contributed by atoms with Crippen LogP contribution in [0.1, 0.15) is 18.9 Å². The average molecular weight is 417 g/mol. The number of amides is 1. The van der Waals surface area contributed by atoms with E-state index in [0.29, 0.717) is 34.5 Å². The number of rotatable bonds is 7. The Labute approximate surface area is 173 Å². The standard InChI is InChI=1S/C20H21ClN4O2S/c1-3-27-15-7-5-14(6-8-15)19-23-24-20(28)25(19)11-10-18(26)22-17-9-4-13(2)12-16(17)21/h4-9,12H,3,10-11H2,1-2H3,(H,22,26)(H,24,28). The molecule has 2 N–H and O–H groups in total. The summed E-state index contributed by atoms with van der Waals surface area (Å²) in [6, 6.07) is 13.1. The molecule has 6 nitrogen and oxygen atoms in total. The van der Waals surface area contributed by atoms with Crippen LogP contribution in [0.3, 0.4) is 0 Å². The van der Waals surface area contributed by atoms with E-state index in [1.165, 1.54) is 0 Å². The zero-order valence-corrected chi connectivity index (χ0v) is 17.2. The van der Waals surface area contributed by atoms with Gasteiger partial charge in [-0.2, -0.15) is 5.10 Å². The van der Waals surface area contributed by atoms with Crippen LogP contribution in [0.5, 0.6) is 5.75 Å². The lowest BCUT2D eigenvalue weighted by molar-refractivity contribution is -0.116. The molecule has 3 aromatic rings. The van der Waals surface area contributed by atoms with Crippen molar-refractivity contribution >= 4 is 35.4 Å². The molecule has 28 heavy (non-hydrogen) atoms. The molecule has 0 saturated carbocycles. The highest BCUT2D eigenvalue weighted by Gasteiger charge is 2.12. The second-order valence-electron chi connectivity index (χ2n) is 6.24. The maximum atomic E-state index is 12.4. The summed E-state index contributed by atoms with van der Waals surface area (Å²) in [6.07, 6.45) is 0.238. The molecule has 0 aliphatic rings. The Morgan fingerprint density at radius 1 is 1.29 bits per heavy atom. The first-order valence-electron chi connectivity index (χ1n) is 8.92. The quantitative estimate of drug-likeness (QED) is 0.532. The first-order valence-corrected chi connectivity index (χ1v) is 9.71. The molecule has 0 aliphatic carbocycles. The molecular formula is C20H21ClN4O2S. The summed E-state index contributed by atoms with van der Waals surface area (Å²) >= 11 is 11.5. The van der Waals surface area contributed by atoms with Crippen molar-refractivity contribution in [3.05, 3.63) is 57.8 Å². The van der Waals surface area contributed by atoms with Gasteiger partial charge in [-0.1, -0.05) is 17.7 Å². The summed E-state index contributed by atoms with van der Waals surface area (Å²) in [7, 11) is 0. The number of aryl methyl sites for hydroxylation is 1. The van der Waals surface area contributed by atoms with Crippen molar-refractivity contribution < 1.29 is 9.53 Å². The zero-order chi connectivity index (χ0) is 20.1. The van der Waals surface area contributed by atoms with Crippen LogP contribution < -0.4 is 10.1 Å². The van der Waals surface area contributed by atoms with E-state index in [0.717, 1.165) is 16.9 Å². The first-order chi connectivity index (χ1) is 13.5. The lowest BCUT2D eigenvalue weighted by atomic mass is 10.2. The third-order valence-electron chi connectivity index (χ3n) is 4.14. The maximum Gasteiger partial charge on any atom is 0.226 e. The van der Waals surface area contributed by atoms with E-state index in [1.807, 2.05) is 50.2 Å². The van der Waals surface area contributed by atoms with Gasteiger partial charge >= 0.3 is 0 Å². The average Bonchev–Trinajstić information content (AvgIpc) is 3.04. The van der Waals surface area contributed by atoms with Crippen LogP contribution in [0, 0.1) is 11.7 Å². The molecule has 1 aromatic heterocycles. The van der Waals surface area contributed by atoms with Crippen molar-refractivity contribution in [2.45, 2.75) is 26.8 Å². The lowest BCUT2D eigenvalue weighted by Crippen LogP contribution is -2.15. The van der Waals surface area contributed by atoms with Crippen LogP contribution in [-0.2, 0) is 11.3 Å². The molecule has 0 saturated heterocycles. The number of ether oxygens (including phenoxy) is 1. The molecule has 8 heteroatoms. The number of nitrogens with one attached hydrogen (secondary N) is 2. The minimum atomic E-state index is -0.147. The minimum absolute atomic E-state index is 0.147. The fourth-order valence-electron chi connectivity index (χ4n) is 2.76. The van der Waals surface area contributed by atoms with Crippen molar-refractivity contribution in [1.29, 1.82) is 0 Å². The Morgan fingerprint density at radius 3 is 2.71 bits per heavy atom. The molecule has 0 unspecified atom stereocenters. The van der Waals surface area contributed by atoms with E-state index < -0.39 is 0 Å². The summed E-state index contributed by atoms with van der Waals surface area (Å²) in [4.78, 5) is 12.4. The summed E-state index contributed by atoms with van der Waals surface area (Å²) < 4.78 is 7.74. The van der Waals surface area contributed by atoms with Crippen molar-refractivity contribution in [3.8, 4) is 17.1 Å². The van der Waals surface area contributed by atoms with Gasteiger partial charge in [0, 0.05) is 18.5 Å². The van der Waals surface area contributed by atoms with Crippen LogP contribution in [0.15, 0.2) is 42.5 Å². The van der Waals surface area contributed by atoms with Gasteiger partial charge in [-0.15, -0.1) is 0 Å². The second-order valence-corrected chi connectivity index (χ2v) is 7.04. The molecular weight excluding hydrogens is 396 g/mol. The summed E-state index contributed by atoms with van der Waals surface area (Å²) in [5.74, 6) is 1.32. The zero-order valence-electron chi connectivity index (χ0n) is 15.7. The molecule has 0 bridgehead atoms. The number of anilines is 1. The van der Waals surface area contributed by atoms with E-state index in [-0.39, 0.29) is 12.3 Å². The van der Waals surface area contributed by atoms with E-state index in [2.05, 4.69) is 15.5 Å². The molecule has 0 atom stereocenters. The molecule has 2 aromatic carbocycles. The predicted molar refractivity (Wildman–Crippen MR) is 113 cm³/mol. The molecule has 0 fully saturated rings. The summed E-state index contributed by atoms with van der Waals surface area (Å²) in [6.45, 7) is 4.89. The molecule has 0 aliphatic heterocycles. The third-order valence-corrected chi connectivity index (χ3v) is 4.77. The SMILES string of the molecule is CCOc1ccc(-c2n[nH]c(=S)n2CCC(=O)Nc2ccc(C)cc2Cl)cc1. The van der Waals surface area contributed by atoms with Gasteiger partial charge in [-0.25, -0.2) is 0 Å². The highest BCUT2D eigenvalue weighted by Crippen LogP contribution is 2.24. The second kappa shape index (κ2) is 9.03. The number of benzene rings is 2. The molecule has 0 spiro atoms. The molecule has 1 amide bonds. The van der Waals surface area contributed by atoms with Gasteiger partial charge in [-0.3, -0.25) is 14.5 Å². The van der Waals surface area contributed by atoms with E-state index in [4.69, 9.17) is 28.6 Å². The Balaban J connectivity index is 1.70. The fraction of sp³-hybridized carbons (Fsp3) is 0.250. The lowest BCUT2D eigenvalue weighted by Gasteiger charge is -2.10. The fourth-order valence-corrected chi connectivity index (χ4v) is 3.27. The van der Waals surface area contributed by atoms with Crippen molar-refractivity contribution in [2.75, 3.05) is 11.9 Å². The van der Waals surface area contributed by atoms with E-state index in [9.17, 15) is 4.79 Å². The largest absolute Gasteiger partial charge is 0.494 e. The molecule has 3 rings (SSSR count). The predicted octanol–water partition coefficient (Wildman–Crippen LogP) is 5.00. The van der Waals surface area contributed by atoms with Crippen LogP contribution in [0.25, 0.3) is 11.4 Å². The highest BCUT2D eigenvalue weighted by molar-refractivity contribution is 7.71. The number of H-pyrrole nitrogens is 1.